The third-order valence-corrected chi connectivity index (χ3v) is 5.23. The average molecular weight is 372 g/mol. The molecule has 2 aliphatic rings. The number of hydrogen-bond donors (Lipinski definition) is 1. The number of benzene rings is 2. The maximum atomic E-state index is 12.8. The van der Waals surface area contributed by atoms with Crippen molar-refractivity contribution in [3.05, 3.63) is 64.7 Å². The monoisotopic (exact) mass is 371 g/mol. The predicted octanol–water partition coefficient (Wildman–Crippen LogP) is 3.61. The zero-order valence-corrected chi connectivity index (χ0v) is 15.3. The van der Waals surface area contributed by atoms with Gasteiger partial charge in [0.2, 0.25) is 0 Å². The molecule has 1 saturated heterocycles. The Morgan fingerprint density at radius 1 is 1.08 bits per heavy atom. The van der Waals surface area contributed by atoms with Crippen LogP contribution in [0.15, 0.2) is 48.5 Å². The predicted molar refractivity (Wildman–Crippen MR) is 103 cm³/mol. The second-order valence-electron chi connectivity index (χ2n) is 6.62. The first-order valence-corrected chi connectivity index (χ1v) is 9.32. The van der Waals surface area contributed by atoms with E-state index in [1.54, 1.807) is 0 Å². The van der Waals surface area contributed by atoms with Gasteiger partial charge >= 0.3 is 6.03 Å². The molecule has 2 aromatic carbocycles. The Bertz CT molecular complexity index is 778. The fraction of sp³-hybridized carbons (Fsp3) is 0.350. The molecule has 1 N–H and O–H groups in total. The first-order valence-electron chi connectivity index (χ1n) is 8.94. The number of anilines is 1. The van der Waals surface area contributed by atoms with Gasteiger partial charge < -0.3 is 15.0 Å². The van der Waals surface area contributed by atoms with Gasteiger partial charge in [0.1, 0.15) is 0 Å². The molecule has 2 heterocycles. The highest BCUT2D eigenvalue weighted by Gasteiger charge is 2.33. The van der Waals surface area contributed by atoms with Crippen LogP contribution in [0.1, 0.15) is 17.2 Å². The maximum Gasteiger partial charge on any atom is 0.322 e. The van der Waals surface area contributed by atoms with E-state index in [1.807, 2.05) is 41.3 Å². The van der Waals surface area contributed by atoms with E-state index in [2.05, 4.69) is 22.3 Å². The second kappa shape index (κ2) is 7.66. The van der Waals surface area contributed by atoms with Crippen molar-refractivity contribution in [3.63, 3.8) is 0 Å². The molecular formula is C20H22ClN3O2. The Balaban J connectivity index is 1.65. The maximum absolute atomic E-state index is 12.8. The SMILES string of the molecule is O=C1Nc2ccc(Cl)cc2C(c2ccccc2)N1CCN1CCOCC1. The Morgan fingerprint density at radius 3 is 2.62 bits per heavy atom. The highest BCUT2D eigenvalue weighted by atomic mass is 35.5. The van der Waals surface area contributed by atoms with Crippen molar-refractivity contribution in [2.75, 3.05) is 44.7 Å². The van der Waals surface area contributed by atoms with E-state index in [9.17, 15) is 4.79 Å². The lowest BCUT2D eigenvalue weighted by molar-refractivity contribution is 0.0341. The number of ether oxygens (including phenoxy) is 1. The Morgan fingerprint density at radius 2 is 1.85 bits per heavy atom. The van der Waals surface area contributed by atoms with Crippen molar-refractivity contribution in [1.82, 2.24) is 9.80 Å². The number of halogens is 1. The van der Waals surface area contributed by atoms with Crippen LogP contribution < -0.4 is 5.32 Å². The van der Waals surface area contributed by atoms with Crippen molar-refractivity contribution < 1.29 is 9.53 Å². The molecule has 4 rings (SSSR count). The molecule has 0 radical (unpaired) electrons. The lowest BCUT2D eigenvalue weighted by Crippen LogP contribution is -2.47. The first kappa shape index (κ1) is 17.3. The van der Waals surface area contributed by atoms with E-state index < -0.39 is 0 Å². The standard InChI is InChI=1S/C20H22ClN3O2/c21-16-6-7-18-17(14-16)19(15-4-2-1-3-5-15)24(20(25)22-18)9-8-23-10-12-26-13-11-23/h1-7,14,19H,8-13H2,(H,22,25). The number of morpholine rings is 1. The smallest absolute Gasteiger partial charge is 0.322 e. The molecule has 6 heteroatoms. The zero-order chi connectivity index (χ0) is 17.9. The van der Waals surface area contributed by atoms with E-state index in [1.165, 1.54) is 0 Å². The van der Waals surface area contributed by atoms with Gasteiger partial charge in [0, 0.05) is 42.5 Å². The van der Waals surface area contributed by atoms with Crippen LogP contribution in [0, 0.1) is 0 Å². The highest BCUT2D eigenvalue weighted by molar-refractivity contribution is 6.30. The van der Waals surface area contributed by atoms with Crippen molar-refractivity contribution >= 4 is 23.3 Å². The van der Waals surface area contributed by atoms with Crippen LogP contribution in [0.5, 0.6) is 0 Å². The van der Waals surface area contributed by atoms with E-state index >= 15 is 0 Å². The summed E-state index contributed by atoms with van der Waals surface area (Å²) in [6, 6.07) is 15.6. The van der Waals surface area contributed by atoms with E-state index in [-0.39, 0.29) is 12.1 Å². The highest BCUT2D eigenvalue weighted by Crippen LogP contribution is 2.38. The Labute approximate surface area is 158 Å². The summed E-state index contributed by atoms with van der Waals surface area (Å²) in [5.41, 5.74) is 2.95. The molecule has 2 amide bonds. The lowest BCUT2D eigenvalue weighted by Gasteiger charge is -2.39. The molecule has 2 aliphatic heterocycles. The van der Waals surface area contributed by atoms with Crippen molar-refractivity contribution in [1.29, 1.82) is 0 Å². The van der Waals surface area contributed by atoms with Gasteiger partial charge in [-0.25, -0.2) is 4.79 Å². The summed E-state index contributed by atoms with van der Waals surface area (Å²) in [5, 5.41) is 3.68. The van der Waals surface area contributed by atoms with Crippen LogP contribution in [0.3, 0.4) is 0 Å². The van der Waals surface area contributed by atoms with Gasteiger partial charge in [-0.3, -0.25) is 4.90 Å². The third-order valence-electron chi connectivity index (χ3n) is 5.00. The molecule has 1 fully saturated rings. The number of carbonyl (C=O) groups excluding carboxylic acids is 1. The zero-order valence-electron chi connectivity index (χ0n) is 14.5. The second-order valence-corrected chi connectivity index (χ2v) is 7.06. The number of urea groups is 1. The van der Waals surface area contributed by atoms with E-state index in [4.69, 9.17) is 16.3 Å². The van der Waals surface area contributed by atoms with Crippen LogP contribution in [0.25, 0.3) is 0 Å². The van der Waals surface area contributed by atoms with Crippen LogP contribution >= 0.6 is 11.6 Å². The summed E-state index contributed by atoms with van der Waals surface area (Å²) in [4.78, 5) is 17.1. The number of hydrogen-bond acceptors (Lipinski definition) is 3. The Kier molecular flexibility index (Phi) is 5.11. The summed E-state index contributed by atoms with van der Waals surface area (Å²) >= 11 is 6.26. The number of nitrogens with zero attached hydrogens (tertiary/aromatic N) is 2. The van der Waals surface area contributed by atoms with Gasteiger partial charge in [-0.2, -0.15) is 0 Å². The van der Waals surface area contributed by atoms with Crippen molar-refractivity contribution in [2.45, 2.75) is 6.04 Å². The fourth-order valence-corrected chi connectivity index (χ4v) is 3.83. The molecule has 2 aromatic rings. The summed E-state index contributed by atoms with van der Waals surface area (Å²) in [6.45, 7) is 4.81. The molecule has 0 aromatic heterocycles. The number of rotatable bonds is 4. The largest absolute Gasteiger partial charge is 0.379 e. The molecule has 1 atom stereocenters. The molecule has 0 saturated carbocycles. The minimum absolute atomic E-state index is 0.0677. The summed E-state index contributed by atoms with van der Waals surface area (Å²) in [5.74, 6) is 0. The summed E-state index contributed by atoms with van der Waals surface area (Å²) in [6.07, 6.45) is 0. The molecule has 0 spiro atoms. The molecule has 1 unspecified atom stereocenters. The van der Waals surface area contributed by atoms with Crippen LogP contribution in [-0.4, -0.2) is 55.2 Å². The van der Waals surface area contributed by atoms with Crippen LogP contribution in [0.4, 0.5) is 10.5 Å². The van der Waals surface area contributed by atoms with E-state index in [0.29, 0.717) is 11.6 Å². The first-order chi connectivity index (χ1) is 12.7. The number of fused-ring (bicyclic) bond motifs is 1. The normalized spacial score (nSPS) is 20.6. The van der Waals surface area contributed by atoms with Crippen molar-refractivity contribution in [2.24, 2.45) is 0 Å². The molecule has 0 aliphatic carbocycles. The van der Waals surface area contributed by atoms with Gasteiger partial charge in [0.25, 0.3) is 0 Å². The van der Waals surface area contributed by atoms with Gasteiger partial charge in [0.05, 0.1) is 19.3 Å². The Hall–Kier alpha value is -2.08. The lowest BCUT2D eigenvalue weighted by atomic mass is 9.94. The fourth-order valence-electron chi connectivity index (χ4n) is 3.65. The van der Waals surface area contributed by atoms with Crippen molar-refractivity contribution in [3.8, 4) is 0 Å². The minimum Gasteiger partial charge on any atom is -0.379 e. The van der Waals surface area contributed by atoms with Gasteiger partial charge in [-0.05, 0) is 23.8 Å². The molecular weight excluding hydrogens is 350 g/mol. The average Bonchev–Trinajstić information content (AvgIpc) is 2.68. The van der Waals surface area contributed by atoms with Crippen LogP contribution in [-0.2, 0) is 4.74 Å². The van der Waals surface area contributed by atoms with Gasteiger partial charge in [-0.15, -0.1) is 0 Å². The molecule has 136 valence electrons. The minimum atomic E-state index is -0.139. The van der Waals surface area contributed by atoms with Crippen LogP contribution in [0.2, 0.25) is 5.02 Å². The number of carbonyl (C=O) groups is 1. The quantitative estimate of drug-likeness (QED) is 0.893. The topological polar surface area (TPSA) is 44.8 Å². The summed E-state index contributed by atoms with van der Waals surface area (Å²) in [7, 11) is 0. The van der Waals surface area contributed by atoms with Gasteiger partial charge in [-0.1, -0.05) is 41.9 Å². The summed E-state index contributed by atoms with van der Waals surface area (Å²) < 4.78 is 5.41. The van der Waals surface area contributed by atoms with E-state index in [0.717, 1.165) is 49.7 Å². The molecule has 26 heavy (non-hydrogen) atoms. The number of nitrogens with one attached hydrogen (secondary N) is 1. The number of amides is 2. The third kappa shape index (κ3) is 3.56. The van der Waals surface area contributed by atoms with Gasteiger partial charge in [0.15, 0.2) is 0 Å². The molecule has 5 nitrogen and oxygen atoms in total. The molecule has 0 bridgehead atoms.